The Morgan fingerprint density at radius 3 is 2.13 bits per heavy atom. The largest absolute Gasteiger partial charge is 0.392 e. The highest BCUT2D eigenvalue weighted by Crippen LogP contribution is 2.38. The third kappa shape index (κ3) is 3.38. The van der Waals surface area contributed by atoms with Crippen molar-refractivity contribution in [2.75, 3.05) is 18.0 Å². The summed E-state index contributed by atoms with van der Waals surface area (Å²) in [6, 6.07) is 11.1. The molecule has 3 nitrogen and oxygen atoms in total. The lowest BCUT2D eigenvalue weighted by Crippen LogP contribution is -2.36. The van der Waals surface area contributed by atoms with Gasteiger partial charge in [-0.3, -0.25) is 0 Å². The van der Waals surface area contributed by atoms with Gasteiger partial charge in [-0.25, -0.2) is 4.39 Å². The van der Waals surface area contributed by atoms with Crippen molar-refractivity contribution in [2.24, 2.45) is 0 Å². The minimum absolute atomic E-state index is 0.207. The Bertz CT molecular complexity index is 703. The molecular weight excluding hydrogens is 293 g/mol. The van der Waals surface area contributed by atoms with E-state index in [4.69, 9.17) is 0 Å². The van der Waals surface area contributed by atoms with Crippen molar-refractivity contribution in [1.82, 2.24) is 0 Å². The van der Waals surface area contributed by atoms with Crippen LogP contribution in [0.3, 0.4) is 0 Å². The summed E-state index contributed by atoms with van der Waals surface area (Å²) >= 11 is 0. The molecule has 2 unspecified atom stereocenters. The molecular formula is C19H22FNO2. The van der Waals surface area contributed by atoms with E-state index in [0.29, 0.717) is 19.5 Å². The van der Waals surface area contributed by atoms with Gasteiger partial charge in [0, 0.05) is 18.8 Å². The highest BCUT2D eigenvalue weighted by atomic mass is 19.1. The Labute approximate surface area is 136 Å². The average Bonchev–Trinajstić information content (AvgIpc) is 2.81. The number of aliphatic hydroxyl groups is 2. The van der Waals surface area contributed by atoms with Crippen molar-refractivity contribution < 1.29 is 14.6 Å². The van der Waals surface area contributed by atoms with E-state index >= 15 is 0 Å². The van der Waals surface area contributed by atoms with Gasteiger partial charge in [0.1, 0.15) is 5.82 Å². The second kappa shape index (κ2) is 6.30. The van der Waals surface area contributed by atoms with Crippen LogP contribution in [0.5, 0.6) is 0 Å². The number of hydrogen-bond acceptors (Lipinski definition) is 3. The predicted octanol–water partition coefficient (Wildman–Crippen LogP) is 2.96. The van der Waals surface area contributed by atoms with Gasteiger partial charge in [0.15, 0.2) is 0 Å². The Morgan fingerprint density at radius 1 is 0.957 bits per heavy atom. The van der Waals surface area contributed by atoms with E-state index in [1.54, 1.807) is 19.9 Å². The second-order valence-electron chi connectivity index (χ2n) is 6.42. The molecule has 0 aliphatic heterocycles. The van der Waals surface area contributed by atoms with E-state index in [1.807, 2.05) is 23.1 Å². The molecule has 2 aromatic rings. The second-order valence-corrected chi connectivity index (χ2v) is 6.42. The number of hydrogen-bond donors (Lipinski definition) is 2. The van der Waals surface area contributed by atoms with Crippen molar-refractivity contribution in [3.05, 3.63) is 53.3 Å². The van der Waals surface area contributed by atoms with Gasteiger partial charge >= 0.3 is 0 Å². The molecule has 0 bridgehead atoms. The number of nitrogens with zero attached hydrogens (tertiary/aromatic N) is 1. The van der Waals surface area contributed by atoms with E-state index in [0.717, 1.165) is 27.9 Å². The van der Waals surface area contributed by atoms with Crippen LogP contribution in [-0.4, -0.2) is 35.5 Å². The van der Waals surface area contributed by atoms with E-state index in [1.165, 1.54) is 6.07 Å². The third-order valence-electron chi connectivity index (χ3n) is 4.16. The first-order chi connectivity index (χ1) is 10.9. The van der Waals surface area contributed by atoms with Crippen LogP contribution >= 0.6 is 0 Å². The molecule has 0 aromatic heterocycles. The number of halogens is 1. The summed E-state index contributed by atoms with van der Waals surface area (Å²) in [6.07, 6.45) is -0.241. The molecule has 0 amide bonds. The maximum Gasteiger partial charge on any atom is 0.123 e. The SMILES string of the molecule is CC(O)CN(CC(C)O)c1ccc2c(c1)Cc1cc(F)ccc1-2. The van der Waals surface area contributed by atoms with Gasteiger partial charge < -0.3 is 15.1 Å². The molecule has 0 saturated carbocycles. The molecule has 3 rings (SSSR count). The highest BCUT2D eigenvalue weighted by molar-refractivity contribution is 5.78. The van der Waals surface area contributed by atoms with E-state index in [9.17, 15) is 14.6 Å². The molecule has 0 heterocycles. The summed E-state index contributed by atoms with van der Waals surface area (Å²) in [7, 11) is 0. The highest BCUT2D eigenvalue weighted by Gasteiger charge is 2.21. The van der Waals surface area contributed by atoms with Crippen molar-refractivity contribution in [3.8, 4) is 11.1 Å². The van der Waals surface area contributed by atoms with Gasteiger partial charge in [-0.2, -0.15) is 0 Å². The summed E-state index contributed by atoms with van der Waals surface area (Å²) < 4.78 is 13.4. The topological polar surface area (TPSA) is 43.7 Å². The molecule has 2 N–H and O–H groups in total. The van der Waals surface area contributed by atoms with Crippen LogP contribution in [0.4, 0.5) is 10.1 Å². The number of fused-ring (bicyclic) bond motifs is 3. The van der Waals surface area contributed by atoms with Crippen molar-refractivity contribution in [2.45, 2.75) is 32.5 Å². The Kier molecular flexibility index (Phi) is 4.37. The van der Waals surface area contributed by atoms with Gasteiger partial charge in [-0.15, -0.1) is 0 Å². The number of aliphatic hydroxyl groups excluding tert-OH is 2. The smallest absolute Gasteiger partial charge is 0.123 e. The first kappa shape index (κ1) is 16.0. The fourth-order valence-corrected chi connectivity index (χ4v) is 3.29. The van der Waals surface area contributed by atoms with Gasteiger partial charge in [-0.05, 0) is 66.8 Å². The van der Waals surface area contributed by atoms with E-state index in [-0.39, 0.29) is 5.82 Å². The number of benzene rings is 2. The Hall–Kier alpha value is -1.91. The van der Waals surface area contributed by atoms with Crippen LogP contribution in [-0.2, 0) is 6.42 Å². The number of anilines is 1. The molecule has 0 spiro atoms. The molecule has 2 aromatic carbocycles. The Morgan fingerprint density at radius 2 is 1.52 bits per heavy atom. The first-order valence-electron chi connectivity index (χ1n) is 7.97. The summed E-state index contributed by atoms with van der Waals surface area (Å²) in [5, 5.41) is 19.4. The molecule has 1 aliphatic rings. The minimum Gasteiger partial charge on any atom is -0.392 e. The third-order valence-corrected chi connectivity index (χ3v) is 4.16. The zero-order valence-corrected chi connectivity index (χ0v) is 13.5. The molecule has 0 saturated heterocycles. The number of rotatable bonds is 5. The van der Waals surface area contributed by atoms with Crippen LogP contribution in [0.1, 0.15) is 25.0 Å². The molecule has 0 fully saturated rings. The van der Waals surface area contributed by atoms with Gasteiger partial charge in [0.05, 0.1) is 12.2 Å². The fraction of sp³-hybridized carbons (Fsp3) is 0.368. The molecule has 1 aliphatic carbocycles. The van der Waals surface area contributed by atoms with E-state index in [2.05, 4.69) is 6.07 Å². The molecule has 23 heavy (non-hydrogen) atoms. The lowest BCUT2D eigenvalue weighted by molar-refractivity contribution is 0.178. The fourth-order valence-electron chi connectivity index (χ4n) is 3.29. The van der Waals surface area contributed by atoms with Crippen LogP contribution in [0, 0.1) is 5.82 Å². The minimum atomic E-state index is -0.478. The lowest BCUT2D eigenvalue weighted by Gasteiger charge is -2.28. The predicted molar refractivity (Wildman–Crippen MR) is 90.2 cm³/mol. The van der Waals surface area contributed by atoms with Crippen LogP contribution in [0.15, 0.2) is 36.4 Å². The average molecular weight is 315 g/mol. The lowest BCUT2D eigenvalue weighted by atomic mass is 10.0. The molecule has 122 valence electrons. The van der Waals surface area contributed by atoms with Gasteiger partial charge in [-0.1, -0.05) is 12.1 Å². The Balaban J connectivity index is 1.92. The first-order valence-corrected chi connectivity index (χ1v) is 7.97. The van der Waals surface area contributed by atoms with Crippen molar-refractivity contribution in [1.29, 1.82) is 0 Å². The van der Waals surface area contributed by atoms with Gasteiger partial charge in [0.2, 0.25) is 0 Å². The summed E-state index contributed by atoms with van der Waals surface area (Å²) in [5.74, 6) is -0.207. The monoisotopic (exact) mass is 315 g/mol. The quantitative estimate of drug-likeness (QED) is 0.761. The maximum absolute atomic E-state index is 13.4. The molecule has 2 atom stereocenters. The van der Waals surface area contributed by atoms with Crippen LogP contribution in [0.2, 0.25) is 0 Å². The molecule has 4 heteroatoms. The van der Waals surface area contributed by atoms with Gasteiger partial charge in [0.25, 0.3) is 0 Å². The zero-order valence-electron chi connectivity index (χ0n) is 13.5. The van der Waals surface area contributed by atoms with E-state index < -0.39 is 12.2 Å². The normalized spacial score (nSPS) is 15.0. The standard InChI is InChI=1S/C19H22FNO2/c1-12(22)10-21(11-13(2)23)17-4-6-19-15(9-17)7-14-8-16(20)3-5-18(14)19/h3-6,8-9,12-13,22-23H,7,10-11H2,1-2H3. The summed E-state index contributed by atoms with van der Waals surface area (Å²) in [4.78, 5) is 1.99. The molecule has 0 radical (unpaired) electrons. The van der Waals surface area contributed by atoms with Crippen LogP contribution < -0.4 is 4.90 Å². The van der Waals surface area contributed by atoms with Crippen LogP contribution in [0.25, 0.3) is 11.1 Å². The maximum atomic E-state index is 13.4. The summed E-state index contributed by atoms with van der Waals surface area (Å²) in [6.45, 7) is 4.40. The van der Waals surface area contributed by atoms with Crippen molar-refractivity contribution >= 4 is 5.69 Å². The zero-order chi connectivity index (χ0) is 16.6. The van der Waals surface area contributed by atoms with Crippen molar-refractivity contribution in [3.63, 3.8) is 0 Å². The summed E-state index contributed by atoms with van der Waals surface area (Å²) in [5.41, 5.74) is 5.36.